The highest BCUT2D eigenvalue weighted by Crippen LogP contribution is 2.24. The van der Waals surface area contributed by atoms with E-state index in [4.69, 9.17) is 4.74 Å². The predicted molar refractivity (Wildman–Crippen MR) is 85.9 cm³/mol. The molecule has 1 aliphatic rings. The van der Waals surface area contributed by atoms with Gasteiger partial charge in [0, 0.05) is 19.9 Å². The second-order valence-electron chi connectivity index (χ2n) is 6.02. The summed E-state index contributed by atoms with van der Waals surface area (Å²) in [5.74, 6) is -0.397. The molecule has 126 valence electrons. The van der Waals surface area contributed by atoms with E-state index in [9.17, 15) is 14.7 Å². The van der Waals surface area contributed by atoms with Crippen molar-refractivity contribution in [3.63, 3.8) is 0 Å². The number of hydrogen-bond donors (Lipinski definition) is 2. The van der Waals surface area contributed by atoms with Gasteiger partial charge in [0.15, 0.2) is 0 Å². The summed E-state index contributed by atoms with van der Waals surface area (Å²) in [4.78, 5) is 24.8. The van der Waals surface area contributed by atoms with E-state index in [0.717, 1.165) is 11.1 Å². The fourth-order valence-electron chi connectivity index (χ4n) is 2.78. The standard InChI is InChI=1S/C17H24N2O4/c1-13-5-3-4-6-15(13)9-17(12-20)11-19(7-8-23-17)16(22)10-18-14(2)21/h3-6,20H,7-12H2,1-2H3,(H,18,21)/t17-/m0/s1. The smallest absolute Gasteiger partial charge is 0.242 e. The quantitative estimate of drug-likeness (QED) is 0.816. The van der Waals surface area contributed by atoms with Crippen molar-refractivity contribution in [1.29, 1.82) is 0 Å². The zero-order valence-corrected chi connectivity index (χ0v) is 13.7. The molecule has 2 amide bonds. The molecule has 0 radical (unpaired) electrons. The van der Waals surface area contributed by atoms with Gasteiger partial charge in [0.25, 0.3) is 0 Å². The Morgan fingerprint density at radius 3 is 2.78 bits per heavy atom. The van der Waals surface area contributed by atoms with Crippen LogP contribution in [0.4, 0.5) is 0 Å². The number of nitrogens with zero attached hydrogens (tertiary/aromatic N) is 1. The first kappa shape index (κ1) is 17.4. The maximum Gasteiger partial charge on any atom is 0.242 e. The Balaban J connectivity index is 2.08. The first-order valence-electron chi connectivity index (χ1n) is 7.77. The van der Waals surface area contributed by atoms with Gasteiger partial charge in [0.05, 0.1) is 26.3 Å². The van der Waals surface area contributed by atoms with Crippen LogP contribution in [0.15, 0.2) is 24.3 Å². The number of amides is 2. The number of morpholine rings is 1. The monoisotopic (exact) mass is 320 g/mol. The normalized spacial score (nSPS) is 21.1. The first-order valence-corrected chi connectivity index (χ1v) is 7.77. The van der Waals surface area contributed by atoms with Gasteiger partial charge in [0.2, 0.25) is 11.8 Å². The number of hydrogen-bond acceptors (Lipinski definition) is 4. The number of benzene rings is 1. The van der Waals surface area contributed by atoms with E-state index >= 15 is 0 Å². The third-order valence-electron chi connectivity index (χ3n) is 4.15. The molecule has 1 heterocycles. The summed E-state index contributed by atoms with van der Waals surface area (Å²) in [6, 6.07) is 7.95. The molecule has 1 aromatic carbocycles. The van der Waals surface area contributed by atoms with Gasteiger partial charge in [-0.05, 0) is 18.1 Å². The maximum atomic E-state index is 12.2. The van der Waals surface area contributed by atoms with Crippen molar-refractivity contribution in [2.75, 3.05) is 32.8 Å². The minimum absolute atomic E-state index is 0.0266. The van der Waals surface area contributed by atoms with Crippen molar-refractivity contribution < 1.29 is 19.4 Å². The first-order chi connectivity index (χ1) is 11.0. The number of aryl methyl sites for hydroxylation is 1. The summed E-state index contributed by atoms with van der Waals surface area (Å²) in [7, 11) is 0. The Bertz CT molecular complexity index is 575. The van der Waals surface area contributed by atoms with E-state index < -0.39 is 5.60 Å². The molecule has 0 spiro atoms. The molecule has 0 aromatic heterocycles. The van der Waals surface area contributed by atoms with Crippen LogP contribution in [0.5, 0.6) is 0 Å². The lowest BCUT2D eigenvalue weighted by molar-refractivity contribution is -0.157. The van der Waals surface area contributed by atoms with Gasteiger partial charge in [-0.25, -0.2) is 0 Å². The van der Waals surface area contributed by atoms with Crippen LogP contribution in [0.25, 0.3) is 0 Å². The SMILES string of the molecule is CC(=O)NCC(=O)N1CCO[C@@](CO)(Cc2ccccc2C)C1. The molecule has 1 atom stereocenters. The van der Waals surface area contributed by atoms with Crippen molar-refractivity contribution in [1.82, 2.24) is 10.2 Å². The van der Waals surface area contributed by atoms with Crippen LogP contribution in [0, 0.1) is 6.92 Å². The van der Waals surface area contributed by atoms with Gasteiger partial charge in [-0.3, -0.25) is 9.59 Å². The number of carbonyl (C=O) groups is 2. The number of rotatable bonds is 5. The van der Waals surface area contributed by atoms with Gasteiger partial charge in [-0.15, -0.1) is 0 Å². The van der Waals surface area contributed by atoms with Crippen molar-refractivity contribution in [2.24, 2.45) is 0 Å². The van der Waals surface area contributed by atoms with Gasteiger partial charge in [0.1, 0.15) is 5.60 Å². The van der Waals surface area contributed by atoms with Gasteiger partial charge in [-0.2, -0.15) is 0 Å². The third kappa shape index (κ3) is 4.53. The highest BCUT2D eigenvalue weighted by Gasteiger charge is 2.38. The number of aliphatic hydroxyl groups is 1. The largest absolute Gasteiger partial charge is 0.393 e. The van der Waals surface area contributed by atoms with Gasteiger partial charge >= 0.3 is 0 Å². The molecule has 1 aliphatic heterocycles. The van der Waals surface area contributed by atoms with Crippen molar-refractivity contribution in [2.45, 2.75) is 25.9 Å². The lowest BCUT2D eigenvalue weighted by Gasteiger charge is -2.42. The summed E-state index contributed by atoms with van der Waals surface area (Å²) in [6.45, 7) is 4.36. The molecule has 1 aromatic rings. The zero-order chi connectivity index (χ0) is 16.9. The van der Waals surface area contributed by atoms with E-state index in [1.165, 1.54) is 6.92 Å². The van der Waals surface area contributed by atoms with E-state index in [-0.39, 0.29) is 25.0 Å². The molecule has 1 saturated heterocycles. The minimum atomic E-state index is -0.795. The molecule has 0 bridgehead atoms. The number of ether oxygens (including phenoxy) is 1. The second-order valence-corrected chi connectivity index (χ2v) is 6.02. The van der Waals surface area contributed by atoms with Crippen LogP contribution in [0.1, 0.15) is 18.1 Å². The zero-order valence-electron chi connectivity index (χ0n) is 13.7. The van der Waals surface area contributed by atoms with Crippen LogP contribution in [-0.4, -0.2) is 60.3 Å². The minimum Gasteiger partial charge on any atom is -0.393 e. The van der Waals surface area contributed by atoms with Crippen LogP contribution in [0.3, 0.4) is 0 Å². The summed E-state index contributed by atoms with van der Waals surface area (Å²) in [5.41, 5.74) is 1.43. The molecule has 23 heavy (non-hydrogen) atoms. The average molecular weight is 320 g/mol. The van der Waals surface area contributed by atoms with E-state index in [2.05, 4.69) is 5.32 Å². The van der Waals surface area contributed by atoms with Crippen LogP contribution >= 0.6 is 0 Å². The van der Waals surface area contributed by atoms with Crippen LogP contribution in [-0.2, 0) is 20.7 Å². The number of aliphatic hydroxyl groups excluding tert-OH is 1. The highest BCUT2D eigenvalue weighted by atomic mass is 16.5. The molecule has 2 N–H and O–H groups in total. The Hall–Kier alpha value is -1.92. The van der Waals surface area contributed by atoms with E-state index in [0.29, 0.717) is 26.1 Å². The van der Waals surface area contributed by atoms with Crippen molar-refractivity contribution >= 4 is 11.8 Å². The summed E-state index contributed by atoms with van der Waals surface area (Å²) < 4.78 is 5.85. The second kappa shape index (κ2) is 7.57. The Morgan fingerprint density at radius 1 is 1.39 bits per heavy atom. The van der Waals surface area contributed by atoms with Gasteiger partial charge < -0.3 is 20.1 Å². The molecule has 6 nitrogen and oxygen atoms in total. The van der Waals surface area contributed by atoms with Gasteiger partial charge in [-0.1, -0.05) is 24.3 Å². The summed E-state index contributed by atoms with van der Waals surface area (Å²) in [6.07, 6.45) is 0.542. The topological polar surface area (TPSA) is 78.9 Å². The molecule has 6 heteroatoms. The van der Waals surface area contributed by atoms with E-state index in [1.807, 2.05) is 31.2 Å². The molecule has 1 fully saturated rings. The number of nitrogens with one attached hydrogen (secondary N) is 1. The molecule has 0 unspecified atom stereocenters. The van der Waals surface area contributed by atoms with Crippen molar-refractivity contribution in [3.05, 3.63) is 35.4 Å². The molecular weight excluding hydrogens is 296 g/mol. The lowest BCUT2D eigenvalue weighted by atomic mass is 9.91. The molecule has 0 aliphatic carbocycles. The number of carbonyl (C=O) groups excluding carboxylic acids is 2. The van der Waals surface area contributed by atoms with Crippen molar-refractivity contribution in [3.8, 4) is 0 Å². The highest BCUT2D eigenvalue weighted by molar-refractivity contribution is 5.83. The van der Waals surface area contributed by atoms with Crippen LogP contribution < -0.4 is 5.32 Å². The summed E-state index contributed by atoms with van der Waals surface area (Å²) >= 11 is 0. The molecule has 0 saturated carbocycles. The third-order valence-corrected chi connectivity index (χ3v) is 4.15. The van der Waals surface area contributed by atoms with E-state index in [1.54, 1.807) is 4.90 Å². The average Bonchev–Trinajstić information content (AvgIpc) is 2.55. The Morgan fingerprint density at radius 2 is 2.13 bits per heavy atom. The maximum absolute atomic E-state index is 12.2. The summed E-state index contributed by atoms with van der Waals surface area (Å²) in [5, 5.41) is 12.4. The fourth-order valence-corrected chi connectivity index (χ4v) is 2.78. The predicted octanol–water partition coefficient (Wildman–Crippen LogP) is 0.264. The Labute approximate surface area is 136 Å². The fraction of sp³-hybridized carbons (Fsp3) is 0.529. The Kier molecular flexibility index (Phi) is 5.74. The molecular formula is C17H24N2O4. The lowest BCUT2D eigenvalue weighted by Crippen LogP contribution is -2.58. The van der Waals surface area contributed by atoms with Crippen LogP contribution in [0.2, 0.25) is 0 Å². The molecule has 2 rings (SSSR count).